The van der Waals surface area contributed by atoms with E-state index in [2.05, 4.69) is 30.3 Å². The van der Waals surface area contributed by atoms with E-state index in [-0.39, 0.29) is 5.78 Å². The molecule has 2 nitrogen and oxygen atoms in total. The van der Waals surface area contributed by atoms with Gasteiger partial charge in [-0.2, -0.15) is 0 Å². The Bertz CT molecular complexity index is 938. The first kappa shape index (κ1) is 13.7. The molecule has 0 N–H and O–H groups in total. The van der Waals surface area contributed by atoms with Crippen LogP contribution in [0.2, 0.25) is 0 Å². The predicted octanol–water partition coefficient (Wildman–Crippen LogP) is 4.07. The van der Waals surface area contributed by atoms with Gasteiger partial charge in [-0.3, -0.25) is 4.79 Å². The summed E-state index contributed by atoms with van der Waals surface area (Å²) < 4.78 is 5.27. The summed E-state index contributed by atoms with van der Waals surface area (Å²) >= 11 is 0. The lowest BCUT2D eigenvalue weighted by Crippen LogP contribution is -2.08. The third-order valence-electron chi connectivity index (χ3n) is 4.88. The Kier molecular flexibility index (Phi) is 2.94. The molecule has 0 saturated carbocycles. The van der Waals surface area contributed by atoms with E-state index in [1.807, 2.05) is 36.4 Å². The van der Waals surface area contributed by atoms with Crippen LogP contribution in [0.3, 0.4) is 0 Å². The van der Waals surface area contributed by atoms with E-state index in [0.29, 0.717) is 6.10 Å². The second-order valence-corrected chi connectivity index (χ2v) is 6.49. The van der Waals surface area contributed by atoms with Crippen molar-refractivity contribution in [3.8, 4) is 0 Å². The molecule has 2 aromatic carbocycles. The van der Waals surface area contributed by atoms with Crippen LogP contribution in [-0.2, 0) is 16.0 Å². The molecule has 1 atom stereocenters. The maximum atomic E-state index is 13.0. The molecule has 0 aromatic heterocycles. The molecular formula is C22H16O2. The van der Waals surface area contributed by atoms with Crippen LogP contribution in [0.1, 0.15) is 22.3 Å². The fourth-order valence-corrected chi connectivity index (χ4v) is 3.50. The third-order valence-corrected chi connectivity index (χ3v) is 4.88. The smallest absolute Gasteiger partial charge is 0.194 e. The maximum absolute atomic E-state index is 13.0. The van der Waals surface area contributed by atoms with Gasteiger partial charge in [-0.25, -0.2) is 0 Å². The Balaban J connectivity index is 1.49. The van der Waals surface area contributed by atoms with Crippen molar-refractivity contribution in [3.05, 3.63) is 88.5 Å². The summed E-state index contributed by atoms with van der Waals surface area (Å²) in [6.07, 6.45) is 7.38. The summed E-state index contributed by atoms with van der Waals surface area (Å²) in [5.74, 6) is 0.113. The molecule has 0 bridgehead atoms. The van der Waals surface area contributed by atoms with E-state index < -0.39 is 0 Å². The molecule has 1 unspecified atom stereocenters. The summed E-state index contributed by atoms with van der Waals surface area (Å²) in [6.45, 7) is 0.869. The molecule has 116 valence electrons. The van der Waals surface area contributed by atoms with Crippen molar-refractivity contribution in [2.24, 2.45) is 0 Å². The van der Waals surface area contributed by atoms with Crippen molar-refractivity contribution < 1.29 is 9.53 Å². The van der Waals surface area contributed by atoms with Gasteiger partial charge in [0.2, 0.25) is 0 Å². The first-order chi connectivity index (χ1) is 11.8. The Morgan fingerprint density at radius 1 is 0.917 bits per heavy atom. The summed E-state index contributed by atoms with van der Waals surface area (Å²) in [7, 11) is 0. The summed E-state index contributed by atoms with van der Waals surface area (Å²) in [5, 5.41) is 0. The lowest BCUT2D eigenvalue weighted by Gasteiger charge is -2.14. The van der Waals surface area contributed by atoms with Gasteiger partial charge in [0.25, 0.3) is 0 Å². The Morgan fingerprint density at radius 3 is 2.46 bits per heavy atom. The standard InChI is InChI=1S/C22H16O2/c23-22-19(15-7-5-14(6-8-15)11-17-13-24-17)9-10-20-18-4-2-1-3-16(18)12-21(20)22/h1-10,12,17H,11,13H2. The highest BCUT2D eigenvalue weighted by atomic mass is 16.6. The monoisotopic (exact) mass is 312 g/mol. The molecule has 1 heterocycles. The van der Waals surface area contributed by atoms with Crippen LogP contribution in [0.4, 0.5) is 0 Å². The number of Topliss-reactive ketones (excluding diaryl/α,β-unsaturated/α-hetero) is 1. The SMILES string of the molecule is O=C1C2=Cc3ccccc3C2=CC=C1c1ccc(CC2CO2)cc1. The topological polar surface area (TPSA) is 29.6 Å². The normalized spacial score (nSPS) is 20.8. The number of carbonyl (C=O) groups excluding carboxylic acids is 1. The van der Waals surface area contributed by atoms with Gasteiger partial charge in [0.15, 0.2) is 5.78 Å². The lowest BCUT2D eigenvalue weighted by atomic mass is 9.87. The molecule has 2 aromatic rings. The number of rotatable bonds is 3. The van der Waals surface area contributed by atoms with Crippen molar-refractivity contribution in [1.82, 2.24) is 0 Å². The average Bonchev–Trinajstić information content (AvgIpc) is 3.34. The number of benzene rings is 2. The highest BCUT2D eigenvalue weighted by Crippen LogP contribution is 2.41. The summed E-state index contributed by atoms with van der Waals surface area (Å²) in [6, 6.07) is 16.4. The maximum Gasteiger partial charge on any atom is 0.194 e. The molecule has 1 fully saturated rings. The van der Waals surface area contributed by atoms with Gasteiger partial charge in [-0.05, 0) is 40.0 Å². The number of ketones is 1. The molecule has 2 aliphatic carbocycles. The van der Waals surface area contributed by atoms with Crippen molar-refractivity contribution in [1.29, 1.82) is 0 Å². The van der Waals surface area contributed by atoms with E-state index in [1.165, 1.54) is 5.56 Å². The second kappa shape index (κ2) is 5.15. The molecule has 5 rings (SSSR count). The second-order valence-electron chi connectivity index (χ2n) is 6.49. The summed E-state index contributed by atoms with van der Waals surface area (Å²) in [4.78, 5) is 13.0. The molecule has 1 aliphatic heterocycles. The highest BCUT2D eigenvalue weighted by Gasteiger charge is 2.29. The number of hydrogen-bond acceptors (Lipinski definition) is 2. The van der Waals surface area contributed by atoms with E-state index in [0.717, 1.165) is 46.4 Å². The zero-order chi connectivity index (χ0) is 16.1. The Labute approximate surface area is 140 Å². The molecule has 1 saturated heterocycles. The van der Waals surface area contributed by atoms with Crippen LogP contribution in [0, 0.1) is 0 Å². The minimum Gasteiger partial charge on any atom is -0.373 e. The van der Waals surface area contributed by atoms with Crippen molar-refractivity contribution in [3.63, 3.8) is 0 Å². The van der Waals surface area contributed by atoms with Crippen molar-refractivity contribution in [2.75, 3.05) is 6.61 Å². The molecule has 24 heavy (non-hydrogen) atoms. The largest absolute Gasteiger partial charge is 0.373 e. The first-order valence-corrected chi connectivity index (χ1v) is 8.29. The number of epoxide rings is 1. The zero-order valence-electron chi connectivity index (χ0n) is 13.2. The summed E-state index contributed by atoms with van der Waals surface area (Å²) in [5.41, 5.74) is 7.14. The van der Waals surface area contributed by atoms with Crippen molar-refractivity contribution >= 4 is 23.0 Å². The van der Waals surface area contributed by atoms with E-state index in [4.69, 9.17) is 4.74 Å². The molecule has 0 radical (unpaired) electrons. The van der Waals surface area contributed by atoms with Crippen LogP contribution < -0.4 is 0 Å². The first-order valence-electron chi connectivity index (χ1n) is 8.29. The Morgan fingerprint density at radius 2 is 1.67 bits per heavy atom. The number of fused-ring (bicyclic) bond motifs is 3. The van der Waals surface area contributed by atoms with E-state index >= 15 is 0 Å². The fraction of sp³-hybridized carbons (Fsp3) is 0.136. The van der Waals surface area contributed by atoms with Crippen LogP contribution in [0.5, 0.6) is 0 Å². The zero-order valence-corrected chi connectivity index (χ0v) is 13.2. The number of carbonyl (C=O) groups is 1. The van der Waals surface area contributed by atoms with E-state index in [9.17, 15) is 4.79 Å². The van der Waals surface area contributed by atoms with Gasteiger partial charge in [0.1, 0.15) is 0 Å². The average molecular weight is 312 g/mol. The molecular weight excluding hydrogens is 296 g/mol. The van der Waals surface area contributed by atoms with Crippen LogP contribution in [-0.4, -0.2) is 18.5 Å². The minimum atomic E-state index is 0.113. The molecule has 3 aliphatic rings. The van der Waals surface area contributed by atoms with Crippen LogP contribution in [0.25, 0.3) is 17.2 Å². The van der Waals surface area contributed by atoms with E-state index in [1.54, 1.807) is 0 Å². The molecule has 0 spiro atoms. The van der Waals surface area contributed by atoms with Crippen LogP contribution in [0.15, 0.2) is 66.3 Å². The quantitative estimate of drug-likeness (QED) is 0.799. The van der Waals surface area contributed by atoms with Gasteiger partial charge in [-0.1, -0.05) is 54.6 Å². The predicted molar refractivity (Wildman–Crippen MR) is 95.3 cm³/mol. The van der Waals surface area contributed by atoms with Gasteiger partial charge >= 0.3 is 0 Å². The number of allylic oxidation sites excluding steroid dienone is 5. The van der Waals surface area contributed by atoms with Crippen LogP contribution >= 0.6 is 0 Å². The molecule has 2 heteroatoms. The number of hydrogen-bond donors (Lipinski definition) is 0. The third kappa shape index (κ3) is 2.19. The number of ether oxygens (including phenoxy) is 1. The lowest BCUT2D eigenvalue weighted by molar-refractivity contribution is -0.110. The van der Waals surface area contributed by atoms with Crippen molar-refractivity contribution in [2.45, 2.75) is 12.5 Å². The van der Waals surface area contributed by atoms with Gasteiger partial charge in [-0.15, -0.1) is 0 Å². The fourth-order valence-electron chi connectivity index (χ4n) is 3.50. The highest BCUT2D eigenvalue weighted by molar-refractivity contribution is 6.38. The van der Waals surface area contributed by atoms with Gasteiger partial charge in [0.05, 0.1) is 12.7 Å². The van der Waals surface area contributed by atoms with Gasteiger partial charge < -0.3 is 4.74 Å². The Hall–Kier alpha value is -2.71. The molecule has 0 amide bonds. The van der Waals surface area contributed by atoms with Gasteiger partial charge in [0, 0.05) is 17.6 Å². The minimum absolute atomic E-state index is 0.113.